The molecular formula is C24H29N5O5S. The van der Waals surface area contributed by atoms with Crippen molar-refractivity contribution in [2.45, 2.75) is 56.5 Å². The molecule has 0 saturated heterocycles. The maximum Gasteiger partial charge on any atom is 0.328 e. The Balaban J connectivity index is 1.24. The van der Waals surface area contributed by atoms with E-state index in [1.54, 1.807) is 24.3 Å². The largest absolute Gasteiger partial charge is 0.337 e. The fourth-order valence-electron chi connectivity index (χ4n) is 4.34. The van der Waals surface area contributed by atoms with Crippen LogP contribution in [0.4, 0.5) is 9.59 Å². The van der Waals surface area contributed by atoms with Gasteiger partial charge in [-0.2, -0.15) is 0 Å². The molecular weight excluding hydrogens is 470 g/mol. The van der Waals surface area contributed by atoms with Gasteiger partial charge in [-0.1, -0.05) is 25.1 Å². The van der Waals surface area contributed by atoms with E-state index in [4.69, 9.17) is 0 Å². The molecule has 1 aromatic carbocycles. The molecule has 1 aromatic heterocycles. The molecule has 11 heteroatoms. The number of rotatable bonds is 6. The van der Waals surface area contributed by atoms with E-state index in [0.29, 0.717) is 17.9 Å². The van der Waals surface area contributed by atoms with Crippen molar-refractivity contribution in [3.8, 4) is 0 Å². The first-order chi connectivity index (χ1) is 16.7. The van der Waals surface area contributed by atoms with Crippen LogP contribution in [0.2, 0.25) is 0 Å². The topological polar surface area (TPSA) is 138 Å². The van der Waals surface area contributed by atoms with Gasteiger partial charge in [0.15, 0.2) is 0 Å². The monoisotopic (exact) mass is 499 g/mol. The average Bonchev–Trinajstić information content (AvgIpc) is 3.17. The Bertz CT molecular complexity index is 1210. The van der Waals surface area contributed by atoms with E-state index in [9.17, 15) is 22.8 Å². The third kappa shape index (κ3) is 5.97. The maximum absolute atomic E-state index is 12.6. The van der Waals surface area contributed by atoms with Gasteiger partial charge >= 0.3 is 12.1 Å². The fraction of sp³-hybridized carbons (Fsp3) is 0.417. The number of fused-ring (bicyclic) bond motifs is 1. The Labute approximate surface area is 204 Å². The predicted octanol–water partition coefficient (Wildman–Crippen LogP) is 2.56. The SMILES string of the molecule is CC1CCC(NC(=O)NS(=O)(=O)c2ccc(CCNC(=O)N3Cc4cccnc4C3=O)cc2)CC1. The van der Waals surface area contributed by atoms with E-state index in [1.165, 1.54) is 18.3 Å². The molecule has 2 aliphatic rings. The second-order valence-corrected chi connectivity index (χ2v) is 10.7. The van der Waals surface area contributed by atoms with Crippen LogP contribution in [-0.2, 0) is 23.0 Å². The summed E-state index contributed by atoms with van der Waals surface area (Å²) in [7, 11) is -4.00. The summed E-state index contributed by atoms with van der Waals surface area (Å²) in [5, 5.41) is 5.45. The highest BCUT2D eigenvalue weighted by molar-refractivity contribution is 7.90. The highest BCUT2D eigenvalue weighted by Gasteiger charge is 2.32. The van der Waals surface area contributed by atoms with E-state index < -0.39 is 28.0 Å². The van der Waals surface area contributed by atoms with Crippen LogP contribution < -0.4 is 15.4 Å². The molecule has 35 heavy (non-hydrogen) atoms. The molecule has 0 radical (unpaired) electrons. The Kier molecular flexibility index (Phi) is 7.34. The van der Waals surface area contributed by atoms with Crippen molar-refractivity contribution >= 4 is 28.0 Å². The van der Waals surface area contributed by atoms with Crippen molar-refractivity contribution in [1.82, 2.24) is 25.2 Å². The van der Waals surface area contributed by atoms with Crippen LogP contribution in [-0.4, -0.2) is 48.9 Å². The Morgan fingerprint density at radius 2 is 1.80 bits per heavy atom. The van der Waals surface area contributed by atoms with Crippen molar-refractivity contribution in [3.05, 3.63) is 59.4 Å². The summed E-state index contributed by atoms with van der Waals surface area (Å²) in [6.45, 7) is 2.61. The van der Waals surface area contributed by atoms with Crippen LogP contribution in [0, 0.1) is 5.92 Å². The highest BCUT2D eigenvalue weighted by atomic mass is 32.2. The summed E-state index contributed by atoms with van der Waals surface area (Å²) in [5.41, 5.74) is 1.79. The van der Waals surface area contributed by atoms with Gasteiger partial charge in [0.2, 0.25) is 0 Å². The molecule has 1 saturated carbocycles. The molecule has 186 valence electrons. The molecule has 0 unspecified atom stereocenters. The van der Waals surface area contributed by atoms with E-state index in [1.807, 2.05) is 0 Å². The lowest BCUT2D eigenvalue weighted by atomic mass is 9.87. The number of hydrogen-bond donors (Lipinski definition) is 3. The molecule has 0 spiro atoms. The van der Waals surface area contributed by atoms with Crippen LogP contribution in [0.25, 0.3) is 0 Å². The lowest BCUT2D eigenvalue weighted by Gasteiger charge is -2.26. The molecule has 4 rings (SSSR count). The number of sulfonamides is 1. The number of hydrogen-bond acceptors (Lipinski definition) is 6. The number of benzene rings is 1. The van der Waals surface area contributed by atoms with E-state index in [0.717, 1.165) is 36.1 Å². The lowest BCUT2D eigenvalue weighted by Crippen LogP contribution is -2.45. The second-order valence-electron chi connectivity index (χ2n) is 9.06. The summed E-state index contributed by atoms with van der Waals surface area (Å²) >= 11 is 0. The van der Waals surface area contributed by atoms with E-state index >= 15 is 0 Å². The van der Waals surface area contributed by atoms with Gasteiger partial charge in [-0.3, -0.25) is 14.7 Å². The molecule has 1 fully saturated rings. The maximum atomic E-state index is 12.6. The first kappa shape index (κ1) is 24.6. The van der Waals surface area contributed by atoms with Crippen LogP contribution in [0.3, 0.4) is 0 Å². The molecule has 3 N–H and O–H groups in total. The first-order valence-corrected chi connectivity index (χ1v) is 13.2. The van der Waals surface area contributed by atoms with Crippen molar-refractivity contribution in [2.24, 2.45) is 5.92 Å². The quantitative estimate of drug-likeness (QED) is 0.559. The van der Waals surface area contributed by atoms with Gasteiger partial charge in [-0.25, -0.2) is 22.7 Å². The number of amides is 5. The molecule has 1 aliphatic heterocycles. The second kappa shape index (κ2) is 10.4. The fourth-order valence-corrected chi connectivity index (χ4v) is 5.25. The minimum atomic E-state index is -4.00. The standard InChI is InChI=1S/C24H29N5O5S/c1-16-4-8-19(9-5-16)27-23(31)28-35(33,34)20-10-6-17(7-11-20)12-14-26-24(32)29-15-18-3-2-13-25-21(18)22(29)30/h2-3,6-7,10-11,13,16,19H,4-5,8-9,12,14-15H2,1H3,(H,26,32)(H2,27,28,31). The number of nitrogens with one attached hydrogen (secondary N) is 3. The average molecular weight is 500 g/mol. The van der Waals surface area contributed by atoms with Crippen LogP contribution in [0.1, 0.15) is 54.2 Å². The van der Waals surface area contributed by atoms with Crippen LogP contribution >= 0.6 is 0 Å². The number of imide groups is 1. The zero-order chi connectivity index (χ0) is 25.0. The molecule has 1 aliphatic carbocycles. The zero-order valence-corrected chi connectivity index (χ0v) is 20.3. The van der Waals surface area contributed by atoms with Crippen molar-refractivity contribution in [3.63, 3.8) is 0 Å². The van der Waals surface area contributed by atoms with Gasteiger partial charge in [0, 0.05) is 24.3 Å². The van der Waals surface area contributed by atoms with E-state index in [2.05, 4.69) is 27.3 Å². The summed E-state index contributed by atoms with van der Waals surface area (Å²) < 4.78 is 27.2. The smallest absolute Gasteiger partial charge is 0.328 e. The number of carbonyl (C=O) groups is 3. The summed E-state index contributed by atoms with van der Waals surface area (Å²) in [4.78, 5) is 42.0. The molecule has 2 aromatic rings. The molecule has 5 amide bonds. The van der Waals surface area contributed by atoms with Crippen molar-refractivity contribution in [2.75, 3.05) is 6.54 Å². The number of urea groups is 2. The van der Waals surface area contributed by atoms with Gasteiger partial charge in [0.25, 0.3) is 15.9 Å². The summed E-state index contributed by atoms with van der Waals surface area (Å²) in [5.74, 6) is 0.200. The van der Waals surface area contributed by atoms with Crippen LogP contribution in [0.5, 0.6) is 0 Å². The molecule has 0 atom stereocenters. The summed E-state index contributed by atoms with van der Waals surface area (Å²) in [6.07, 6.45) is 5.66. The summed E-state index contributed by atoms with van der Waals surface area (Å²) in [6, 6.07) is 8.33. The molecule has 0 bridgehead atoms. The van der Waals surface area contributed by atoms with Crippen molar-refractivity contribution in [1.29, 1.82) is 0 Å². The zero-order valence-electron chi connectivity index (χ0n) is 19.5. The number of pyridine rings is 1. The molecule has 10 nitrogen and oxygen atoms in total. The normalized spacial score (nSPS) is 19.7. The number of nitrogens with zero attached hydrogens (tertiary/aromatic N) is 2. The predicted molar refractivity (Wildman–Crippen MR) is 128 cm³/mol. The van der Waals surface area contributed by atoms with Gasteiger partial charge in [-0.15, -0.1) is 0 Å². The Hall–Kier alpha value is -3.47. The third-order valence-corrected chi connectivity index (χ3v) is 7.76. The third-order valence-electron chi connectivity index (χ3n) is 6.41. The highest BCUT2D eigenvalue weighted by Crippen LogP contribution is 2.23. The van der Waals surface area contributed by atoms with Gasteiger partial charge in [0.05, 0.1) is 11.4 Å². The van der Waals surface area contributed by atoms with Crippen LogP contribution in [0.15, 0.2) is 47.5 Å². The lowest BCUT2D eigenvalue weighted by molar-refractivity contribution is 0.0817. The first-order valence-electron chi connectivity index (χ1n) is 11.7. The van der Waals surface area contributed by atoms with Crippen molar-refractivity contribution < 1.29 is 22.8 Å². The number of carbonyl (C=O) groups excluding carboxylic acids is 3. The Morgan fingerprint density at radius 3 is 2.49 bits per heavy atom. The number of aromatic nitrogens is 1. The van der Waals surface area contributed by atoms with Gasteiger partial charge in [0.1, 0.15) is 5.69 Å². The van der Waals surface area contributed by atoms with Gasteiger partial charge in [-0.05, 0) is 61.8 Å². The van der Waals surface area contributed by atoms with Gasteiger partial charge < -0.3 is 10.6 Å². The minimum Gasteiger partial charge on any atom is -0.337 e. The Morgan fingerprint density at radius 1 is 1.09 bits per heavy atom. The van der Waals surface area contributed by atoms with E-state index in [-0.39, 0.29) is 29.7 Å². The molecule has 2 heterocycles. The minimum absolute atomic E-state index is 0.0136.